The topological polar surface area (TPSA) is 86.8 Å². The second kappa shape index (κ2) is 13.0. The van der Waals surface area contributed by atoms with Gasteiger partial charge in [0.15, 0.2) is 0 Å². The Morgan fingerprint density at radius 3 is 2.26 bits per heavy atom. The number of nitrogens with zero attached hydrogens (tertiary/aromatic N) is 2. The van der Waals surface area contributed by atoms with Crippen molar-refractivity contribution in [3.8, 4) is 0 Å². The van der Waals surface area contributed by atoms with Crippen LogP contribution in [-0.4, -0.2) is 43.8 Å². The predicted molar refractivity (Wildman–Crippen MR) is 154 cm³/mol. The number of carbonyl (C=O) groups excluding carboxylic acids is 2. The van der Waals surface area contributed by atoms with Crippen LogP contribution in [0.3, 0.4) is 0 Å². The zero-order valence-electron chi connectivity index (χ0n) is 23.5. The lowest BCUT2D eigenvalue weighted by molar-refractivity contribution is -0.139. The second-order valence-electron chi connectivity index (χ2n) is 10.5. The molecule has 42 heavy (non-hydrogen) atoms. The van der Waals surface area contributed by atoms with E-state index in [4.69, 9.17) is 0 Å². The third-order valence-corrected chi connectivity index (χ3v) is 9.16. The van der Waals surface area contributed by atoms with Gasteiger partial charge in [0.2, 0.25) is 11.8 Å². The number of sulfonamides is 1. The third kappa shape index (κ3) is 7.50. The second-order valence-corrected chi connectivity index (χ2v) is 12.4. The summed E-state index contributed by atoms with van der Waals surface area (Å²) in [6.07, 6.45) is -1.07. The van der Waals surface area contributed by atoms with Crippen LogP contribution in [0.4, 0.5) is 18.9 Å². The maximum atomic E-state index is 14.0. The number of hydrogen-bond acceptors (Lipinski definition) is 4. The lowest BCUT2D eigenvalue weighted by atomic mass is 10.1. The fourth-order valence-corrected chi connectivity index (χ4v) is 6.49. The van der Waals surface area contributed by atoms with Gasteiger partial charge in [-0.2, -0.15) is 13.2 Å². The highest BCUT2D eigenvalue weighted by atomic mass is 32.2. The molecule has 0 radical (unpaired) electrons. The van der Waals surface area contributed by atoms with E-state index < -0.39 is 40.3 Å². The maximum Gasteiger partial charge on any atom is 0.416 e. The largest absolute Gasteiger partial charge is 0.416 e. The van der Waals surface area contributed by atoms with E-state index >= 15 is 0 Å². The van der Waals surface area contributed by atoms with Crippen LogP contribution >= 0.6 is 0 Å². The summed E-state index contributed by atoms with van der Waals surface area (Å²) >= 11 is 0. The number of rotatable bonds is 10. The van der Waals surface area contributed by atoms with Gasteiger partial charge in [0.05, 0.1) is 16.1 Å². The van der Waals surface area contributed by atoms with E-state index in [-0.39, 0.29) is 29.1 Å². The Bertz CT molecular complexity index is 1510. The summed E-state index contributed by atoms with van der Waals surface area (Å²) in [5, 5.41) is 2.99. The Kier molecular flexibility index (Phi) is 9.60. The van der Waals surface area contributed by atoms with Crippen molar-refractivity contribution in [2.75, 3.05) is 10.8 Å². The van der Waals surface area contributed by atoms with E-state index in [1.807, 2.05) is 25.1 Å². The minimum Gasteiger partial charge on any atom is -0.352 e. The minimum atomic E-state index is -4.73. The van der Waals surface area contributed by atoms with Crippen molar-refractivity contribution in [3.63, 3.8) is 0 Å². The molecule has 1 saturated carbocycles. The lowest BCUT2D eigenvalue weighted by Gasteiger charge is -2.32. The first kappa shape index (κ1) is 31.1. The third-order valence-electron chi connectivity index (χ3n) is 7.38. The smallest absolute Gasteiger partial charge is 0.352 e. The van der Waals surface area contributed by atoms with E-state index in [0.717, 1.165) is 48.9 Å². The highest BCUT2D eigenvalue weighted by Gasteiger charge is 2.35. The minimum absolute atomic E-state index is 0.00157. The number of benzene rings is 3. The van der Waals surface area contributed by atoms with Crippen LogP contribution < -0.4 is 9.62 Å². The molecule has 11 heteroatoms. The summed E-state index contributed by atoms with van der Waals surface area (Å²) in [7, 11) is -4.47. The zero-order chi connectivity index (χ0) is 30.5. The molecular formula is C31H34F3N3O4S. The summed E-state index contributed by atoms with van der Waals surface area (Å²) < 4.78 is 69.0. The highest BCUT2D eigenvalue weighted by molar-refractivity contribution is 7.92. The van der Waals surface area contributed by atoms with Crippen LogP contribution in [0.15, 0.2) is 83.8 Å². The normalized spacial score (nSPS) is 14.8. The molecule has 224 valence electrons. The number of amides is 2. The van der Waals surface area contributed by atoms with Gasteiger partial charge in [-0.25, -0.2) is 8.42 Å². The standard InChI is InChI=1S/C31H34F3N3O4S/c1-22-10-8-11-24(18-22)20-36(23(2)30(39)35-26-13-6-7-14-26)29(38)21-37(42(40,41)28-16-4-3-5-17-28)27-15-9-12-25(19-27)31(32,33)34/h3-5,8-12,15-19,23,26H,6-7,13-14,20-21H2,1-2H3,(H,35,39)/t23-/m1/s1. The summed E-state index contributed by atoms with van der Waals surface area (Å²) in [6, 6.07) is 17.4. The fourth-order valence-electron chi connectivity index (χ4n) is 5.07. The number of nitrogens with one attached hydrogen (secondary N) is 1. The van der Waals surface area contributed by atoms with Crippen molar-refractivity contribution in [3.05, 3.63) is 95.6 Å². The van der Waals surface area contributed by atoms with Crippen LogP contribution in [0.1, 0.15) is 49.3 Å². The van der Waals surface area contributed by atoms with Crippen molar-refractivity contribution >= 4 is 27.5 Å². The van der Waals surface area contributed by atoms with Crippen LogP contribution in [0.25, 0.3) is 0 Å². The number of carbonyl (C=O) groups is 2. The maximum absolute atomic E-state index is 14.0. The van der Waals surface area contributed by atoms with Gasteiger partial charge in [-0.15, -0.1) is 0 Å². The van der Waals surface area contributed by atoms with E-state index in [0.29, 0.717) is 10.4 Å². The molecule has 1 fully saturated rings. The number of alkyl halides is 3. The Hall–Kier alpha value is -3.86. The van der Waals surface area contributed by atoms with Crippen molar-refractivity contribution in [2.45, 2.75) is 69.2 Å². The molecule has 0 heterocycles. The monoisotopic (exact) mass is 601 g/mol. The van der Waals surface area contributed by atoms with Crippen molar-refractivity contribution < 1.29 is 31.2 Å². The van der Waals surface area contributed by atoms with Crippen LogP contribution in [0, 0.1) is 6.92 Å². The Balaban J connectivity index is 1.72. The van der Waals surface area contributed by atoms with E-state index in [1.54, 1.807) is 19.1 Å². The fraction of sp³-hybridized carbons (Fsp3) is 0.355. The van der Waals surface area contributed by atoms with Crippen LogP contribution in [0.2, 0.25) is 0 Å². The molecule has 1 aliphatic carbocycles. The first-order valence-corrected chi connectivity index (χ1v) is 15.2. The van der Waals surface area contributed by atoms with Gasteiger partial charge < -0.3 is 10.2 Å². The van der Waals surface area contributed by atoms with Gasteiger partial charge in [-0.1, -0.05) is 66.9 Å². The van der Waals surface area contributed by atoms with Crippen molar-refractivity contribution in [2.24, 2.45) is 0 Å². The van der Waals surface area contributed by atoms with E-state index in [1.165, 1.54) is 35.2 Å². The Labute approximate surface area is 244 Å². The molecule has 0 aliphatic heterocycles. The summed E-state index contributed by atoms with van der Waals surface area (Å²) in [5.74, 6) is -1.11. The molecular weight excluding hydrogens is 567 g/mol. The Morgan fingerprint density at radius 2 is 1.62 bits per heavy atom. The molecule has 0 spiro atoms. The predicted octanol–water partition coefficient (Wildman–Crippen LogP) is 5.69. The van der Waals surface area contributed by atoms with Gasteiger partial charge in [0, 0.05) is 12.6 Å². The average molecular weight is 602 g/mol. The molecule has 3 aromatic rings. The molecule has 0 saturated heterocycles. The van der Waals surface area contributed by atoms with Gasteiger partial charge in [-0.3, -0.25) is 13.9 Å². The van der Waals surface area contributed by atoms with Crippen LogP contribution in [-0.2, 0) is 32.3 Å². The van der Waals surface area contributed by atoms with Crippen molar-refractivity contribution in [1.82, 2.24) is 10.2 Å². The number of halogens is 3. The molecule has 4 rings (SSSR count). The molecule has 7 nitrogen and oxygen atoms in total. The molecule has 1 aliphatic rings. The first-order chi connectivity index (χ1) is 19.9. The summed E-state index contributed by atoms with van der Waals surface area (Å²) in [5.41, 5.74) is 0.280. The number of aryl methyl sites for hydroxylation is 1. The zero-order valence-corrected chi connectivity index (χ0v) is 24.3. The SMILES string of the molecule is Cc1cccc(CN(C(=O)CN(c2cccc(C(F)(F)F)c2)S(=O)(=O)c2ccccc2)[C@H](C)C(=O)NC2CCCC2)c1. The molecule has 0 bridgehead atoms. The van der Waals surface area contributed by atoms with Crippen molar-refractivity contribution in [1.29, 1.82) is 0 Å². The summed E-state index contributed by atoms with van der Waals surface area (Å²) in [6.45, 7) is 2.64. The van der Waals surface area contributed by atoms with Crippen LogP contribution in [0.5, 0.6) is 0 Å². The lowest BCUT2D eigenvalue weighted by Crippen LogP contribution is -2.52. The molecule has 2 amide bonds. The van der Waals surface area contributed by atoms with Gasteiger partial charge >= 0.3 is 6.18 Å². The molecule has 1 atom stereocenters. The van der Waals surface area contributed by atoms with E-state index in [9.17, 15) is 31.2 Å². The molecule has 0 aromatic heterocycles. The highest BCUT2D eigenvalue weighted by Crippen LogP contribution is 2.33. The first-order valence-electron chi connectivity index (χ1n) is 13.8. The quantitative estimate of drug-likeness (QED) is 0.324. The molecule has 0 unspecified atom stereocenters. The molecule has 3 aromatic carbocycles. The average Bonchev–Trinajstić information content (AvgIpc) is 3.47. The number of anilines is 1. The molecule has 1 N–H and O–H groups in total. The number of hydrogen-bond donors (Lipinski definition) is 1. The van der Waals surface area contributed by atoms with Gasteiger partial charge in [0.1, 0.15) is 12.6 Å². The van der Waals surface area contributed by atoms with E-state index in [2.05, 4.69) is 5.32 Å². The van der Waals surface area contributed by atoms with Gasteiger partial charge in [-0.05, 0) is 62.6 Å². The summed E-state index contributed by atoms with van der Waals surface area (Å²) in [4.78, 5) is 28.3. The Morgan fingerprint density at radius 1 is 0.952 bits per heavy atom. The van der Waals surface area contributed by atoms with Gasteiger partial charge in [0.25, 0.3) is 10.0 Å².